The molecule has 4 heteroatoms. The highest BCUT2D eigenvalue weighted by Gasteiger charge is 2.20. The maximum Gasteiger partial charge on any atom is 0.308 e. The summed E-state index contributed by atoms with van der Waals surface area (Å²) in [6.45, 7) is 6.36. The first-order valence-corrected chi connectivity index (χ1v) is 7.43. The highest BCUT2D eigenvalue weighted by Crippen LogP contribution is 2.14. The molecule has 2 atom stereocenters. The number of carbonyl (C=O) groups is 2. The molecule has 4 nitrogen and oxygen atoms in total. The van der Waals surface area contributed by atoms with Crippen molar-refractivity contribution in [3.63, 3.8) is 0 Å². The number of hydrogen-bond acceptors (Lipinski definition) is 2. The van der Waals surface area contributed by atoms with Crippen molar-refractivity contribution in [2.45, 2.75) is 33.6 Å². The molecule has 0 aliphatic rings. The first kappa shape index (κ1) is 17.2. The molecule has 0 radical (unpaired) electrons. The molecular formula is C17H25NO3. The Balaban J connectivity index is 2.48. The van der Waals surface area contributed by atoms with Gasteiger partial charge in [-0.3, -0.25) is 9.59 Å². The van der Waals surface area contributed by atoms with Gasteiger partial charge in [0.25, 0.3) is 0 Å². The van der Waals surface area contributed by atoms with Gasteiger partial charge in [0.15, 0.2) is 0 Å². The molecule has 0 spiro atoms. The van der Waals surface area contributed by atoms with Crippen molar-refractivity contribution in [1.82, 2.24) is 5.32 Å². The van der Waals surface area contributed by atoms with Crippen molar-refractivity contribution < 1.29 is 14.7 Å². The summed E-state index contributed by atoms with van der Waals surface area (Å²) in [4.78, 5) is 23.1. The van der Waals surface area contributed by atoms with Gasteiger partial charge in [-0.25, -0.2) is 0 Å². The number of amides is 1. The van der Waals surface area contributed by atoms with Crippen LogP contribution < -0.4 is 5.32 Å². The number of carboxylic acid groups (broad SMARTS) is 1. The smallest absolute Gasteiger partial charge is 0.308 e. The Labute approximate surface area is 126 Å². The SMILES string of the molecule is CC(C)C(C)CC(=O)NCC(Cc1ccccc1)C(=O)O. The van der Waals surface area contributed by atoms with E-state index >= 15 is 0 Å². The van der Waals surface area contributed by atoms with Crippen LogP contribution in [-0.2, 0) is 16.0 Å². The van der Waals surface area contributed by atoms with E-state index in [0.29, 0.717) is 24.7 Å². The molecule has 116 valence electrons. The highest BCUT2D eigenvalue weighted by atomic mass is 16.4. The van der Waals surface area contributed by atoms with Gasteiger partial charge in [-0.15, -0.1) is 0 Å². The van der Waals surface area contributed by atoms with Crippen molar-refractivity contribution in [3.05, 3.63) is 35.9 Å². The van der Waals surface area contributed by atoms with Crippen LogP contribution in [0.4, 0.5) is 0 Å². The molecule has 0 aliphatic carbocycles. The summed E-state index contributed by atoms with van der Waals surface area (Å²) in [5.41, 5.74) is 0.967. The number of rotatable bonds is 8. The molecular weight excluding hydrogens is 266 g/mol. The first-order chi connectivity index (χ1) is 9.90. The molecule has 2 unspecified atom stereocenters. The van der Waals surface area contributed by atoms with E-state index in [1.165, 1.54) is 0 Å². The van der Waals surface area contributed by atoms with E-state index in [9.17, 15) is 14.7 Å². The maximum absolute atomic E-state index is 11.8. The van der Waals surface area contributed by atoms with Crippen molar-refractivity contribution >= 4 is 11.9 Å². The monoisotopic (exact) mass is 291 g/mol. The normalized spacial score (nSPS) is 13.7. The Bertz CT molecular complexity index is 456. The van der Waals surface area contributed by atoms with E-state index in [1.54, 1.807) is 0 Å². The molecule has 1 amide bonds. The molecule has 21 heavy (non-hydrogen) atoms. The van der Waals surface area contributed by atoms with Crippen LogP contribution in [0.2, 0.25) is 0 Å². The van der Waals surface area contributed by atoms with Crippen LogP contribution in [-0.4, -0.2) is 23.5 Å². The van der Waals surface area contributed by atoms with Crippen molar-refractivity contribution in [2.75, 3.05) is 6.54 Å². The number of aliphatic carboxylic acids is 1. The third-order valence-corrected chi connectivity index (χ3v) is 3.87. The highest BCUT2D eigenvalue weighted by molar-refractivity contribution is 5.77. The van der Waals surface area contributed by atoms with Crippen LogP contribution in [0.25, 0.3) is 0 Å². The Hall–Kier alpha value is -1.84. The van der Waals surface area contributed by atoms with Crippen LogP contribution in [0.15, 0.2) is 30.3 Å². The van der Waals surface area contributed by atoms with Gasteiger partial charge >= 0.3 is 5.97 Å². The van der Waals surface area contributed by atoms with Gasteiger partial charge in [-0.2, -0.15) is 0 Å². The standard InChI is InChI=1S/C17H25NO3/c1-12(2)13(3)9-16(19)18-11-15(17(20)21)10-14-7-5-4-6-8-14/h4-8,12-13,15H,9-11H2,1-3H3,(H,18,19)(H,20,21). The fourth-order valence-corrected chi connectivity index (χ4v) is 1.98. The average Bonchev–Trinajstić information content (AvgIpc) is 2.44. The largest absolute Gasteiger partial charge is 0.481 e. The van der Waals surface area contributed by atoms with Crippen LogP contribution in [0.1, 0.15) is 32.8 Å². The average molecular weight is 291 g/mol. The number of carbonyl (C=O) groups excluding carboxylic acids is 1. The molecule has 2 N–H and O–H groups in total. The minimum atomic E-state index is -0.879. The van der Waals surface area contributed by atoms with Gasteiger partial charge < -0.3 is 10.4 Å². The predicted molar refractivity (Wildman–Crippen MR) is 82.9 cm³/mol. The molecule has 0 bridgehead atoms. The lowest BCUT2D eigenvalue weighted by Gasteiger charge is -2.17. The van der Waals surface area contributed by atoms with Gasteiger partial charge in [0, 0.05) is 13.0 Å². The predicted octanol–water partition coefficient (Wildman–Crippen LogP) is 2.73. The molecule has 0 heterocycles. The molecule has 0 aromatic heterocycles. The van der Waals surface area contributed by atoms with E-state index in [4.69, 9.17) is 0 Å². The molecule has 0 saturated heterocycles. The minimum Gasteiger partial charge on any atom is -0.481 e. The molecule has 0 fully saturated rings. The van der Waals surface area contributed by atoms with Gasteiger partial charge in [-0.1, -0.05) is 51.1 Å². The quantitative estimate of drug-likeness (QED) is 0.774. The van der Waals surface area contributed by atoms with E-state index in [1.807, 2.05) is 37.3 Å². The zero-order valence-electron chi connectivity index (χ0n) is 13.0. The van der Waals surface area contributed by atoms with E-state index < -0.39 is 11.9 Å². The van der Waals surface area contributed by atoms with Crippen molar-refractivity contribution in [3.8, 4) is 0 Å². The second-order valence-electron chi connectivity index (χ2n) is 5.95. The number of nitrogens with one attached hydrogen (secondary N) is 1. The molecule has 0 saturated carbocycles. The Morgan fingerprint density at radius 3 is 2.29 bits per heavy atom. The number of hydrogen-bond donors (Lipinski definition) is 2. The summed E-state index contributed by atoms with van der Waals surface area (Å²) in [5.74, 6) is -0.810. The molecule has 0 aliphatic heterocycles. The fourth-order valence-electron chi connectivity index (χ4n) is 1.98. The van der Waals surface area contributed by atoms with Crippen LogP contribution in [0.3, 0.4) is 0 Å². The maximum atomic E-state index is 11.8. The Morgan fingerprint density at radius 1 is 1.14 bits per heavy atom. The Kier molecular flexibility index (Phi) is 6.92. The molecule has 1 aromatic rings. The molecule has 1 aromatic carbocycles. The topological polar surface area (TPSA) is 66.4 Å². The fraction of sp³-hybridized carbons (Fsp3) is 0.529. The summed E-state index contributed by atoms with van der Waals surface area (Å²) in [7, 11) is 0. The second-order valence-corrected chi connectivity index (χ2v) is 5.95. The van der Waals surface area contributed by atoms with Gasteiger partial charge in [0.05, 0.1) is 5.92 Å². The van der Waals surface area contributed by atoms with Crippen LogP contribution in [0.5, 0.6) is 0 Å². The summed E-state index contributed by atoms with van der Waals surface area (Å²) in [6, 6.07) is 9.47. The lowest BCUT2D eigenvalue weighted by Crippen LogP contribution is -2.35. The summed E-state index contributed by atoms with van der Waals surface area (Å²) in [5, 5.41) is 12.0. The zero-order chi connectivity index (χ0) is 15.8. The summed E-state index contributed by atoms with van der Waals surface area (Å²) in [6.07, 6.45) is 0.867. The van der Waals surface area contributed by atoms with Gasteiger partial charge in [-0.05, 0) is 23.8 Å². The van der Waals surface area contributed by atoms with E-state index in [-0.39, 0.29) is 12.5 Å². The van der Waals surface area contributed by atoms with Crippen LogP contribution in [0, 0.1) is 17.8 Å². The summed E-state index contributed by atoms with van der Waals surface area (Å²) < 4.78 is 0. The lowest BCUT2D eigenvalue weighted by molar-refractivity contribution is -0.141. The van der Waals surface area contributed by atoms with E-state index in [2.05, 4.69) is 19.2 Å². The second kappa shape index (κ2) is 8.45. The number of carboxylic acids is 1. The van der Waals surface area contributed by atoms with Crippen molar-refractivity contribution in [1.29, 1.82) is 0 Å². The lowest BCUT2D eigenvalue weighted by atomic mass is 9.94. The third kappa shape index (κ3) is 6.43. The van der Waals surface area contributed by atoms with Crippen molar-refractivity contribution in [2.24, 2.45) is 17.8 Å². The molecule has 1 rings (SSSR count). The first-order valence-electron chi connectivity index (χ1n) is 7.43. The Morgan fingerprint density at radius 2 is 1.76 bits per heavy atom. The minimum absolute atomic E-state index is 0.0736. The van der Waals surface area contributed by atoms with Crippen LogP contribution >= 0.6 is 0 Å². The third-order valence-electron chi connectivity index (χ3n) is 3.87. The van der Waals surface area contributed by atoms with Gasteiger partial charge in [0.2, 0.25) is 5.91 Å². The van der Waals surface area contributed by atoms with Gasteiger partial charge in [0.1, 0.15) is 0 Å². The zero-order valence-corrected chi connectivity index (χ0v) is 13.0. The number of benzene rings is 1. The summed E-state index contributed by atoms with van der Waals surface area (Å²) >= 11 is 0. The van der Waals surface area contributed by atoms with E-state index in [0.717, 1.165) is 5.56 Å².